The van der Waals surface area contributed by atoms with Gasteiger partial charge in [-0.1, -0.05) is 36.4 Å². The predicted molar refractivity (Wildman–Crippen MR) is 143 cm³/mol. The molecule has 2 amide bonds. The average Bonchev–Trinajstić information content (AvgIpc) is 2.88. The van der Waals surface area contributed by atoms with Crippen LogP contribution in [0, 0.1) is 0 Å². The van der Waals surface area contributed by atoms with Gasteiger partial charge in [0.15, 0.2) is 0 Å². The van der Waals surface area contributed by atoms with E-state index in [1.165, 1.54) is 12.1 Å². The van der Waals surface area contributed by atoms with Crippen LogP contribution in [-0.4, -0.2) is 41.7 Å². The SMILES string of the molecule is CC(C)(C)OC(=O)N1CCC(Oc2cccc(NC(=O)c3ccccc3-c3ccc(C(F)(F)F)cc3)c2)CC1. The summed E-state index contributed by atoms with van der Waals surface area (Å²) in [6, 6.07) is 18.5. The van der Waals surface area contributed by atoms with Gasteiger partial charge in [0.05, 0.1) is 5.56 Å². The van der Waals surface area contributed by atoms with Crippen LogP contribution in [0.3, 0.4) is 0 Å². The lowest BCUT2D eigenvalue weighted by Gasteiger charge is -2.33. The van der Waals surface area contributed by atoms with Gasteiger partial charge in [-0.3, -0.25) is 4.79 Å². The fraction of sp³-hybridized carbons (Fsp3) is 0.333. The quantitative estimate of drug-likeness (QED) is 0.366. The molecule has 0 unspecified atom stereocenters. The van der Waals surface area contributed by atoms with Crippen molar-refractivity contribution in [1.29, 1.82) is 0 Å². The maximum Gasteiger partial charge on any atom is 0.416 e. The molecule has 9 heteroatoms. The fourth-order valence-electron chi connectivity index (χ4n) is 4.29. The Hall–Kier alpha value is -4.01. The van der Waals surface area contributed by atoms with E-state index in [2.05, 4.69) is 5.32 Å². The molecule has 0 aromatic heterocycles. The summed E-state index contributed by atoms with van der Waals surface area (Å²) >= 11 is 0. The molecule has 3 aromatic carbocycles. The van der Waals surface area contributed by atoms with Gasteiger partial charge in [0.2, 0.25) is 0 Å². The van der Waals surface area contributed by atoms with Crippen LogP contribution in [0.5, 0.6) is 5.75 Å². The minimum atomic E-state index is -4.43. The second-order valence-electron chi connectivity index (χ2n) is 10.4. The third-order valence-corrected chi connectivity index (χ3v) is 6.18. The van der Waals surface area contributed by atoms with E-state index in [9.17, 15) is 22.8 Å². The first-order chi connectivity index (χ1) is 18.4. The summed E-state index contributed by atoms with van der Waals surface area (Å²) in [4.78, 5) is 27.1. The normalized spacial score (nSPS) is 14.6. The Bertz CT molecular complexity index is 1310. The number of piperidine rings is 1. The Kier molecular flexibility index (Phi) is 8.18. The van der Waals surface area contributed by atoms with E-state index in [-0.39, 0.29) is 12.2 Å². The predicted octanol–water partition coefficient (Wildman–Crippen LogP) is 7.40. The van der Waals surface area contributed by atoms with Gasteiger partial charge in [-0.15, -0.1) is 0 Å². The minimum absolute atomic E-state index is 0.0879. The molecule has 1 fully saturated rings. The van der Waals surface area contributed by atoms with Crippen LogP contribution in [-0.2, 0) is 10.9 Å². The van der Waals surface area contributed by atoms with Crippen molar-refractivity contribution in [1.82, 2.24) is 4.90 Å². The van der Waals surface area contributed by atoms with Crippen molar-refractivity contribution in [2.75, 3.05) is 18.4 Å². The van der Waals surface area contributed by atoms with Crippen LogP contribution >= 0.6 is 0 Å². The maximum absolute atomic E-state index is 13.2. The number of hydrogen-bond acceptors (Lipinski definition) is 4. The van der Waals surface area contributed by atoms with Gasteiger partial charge in [0.25, 0.3) is 5.91 Å². The number of alkyl halides is 3. The van der Waals surface area contributed by atoms with E-state index >= 15 is 0 Å². The molecule has 1 aliphatic heterocycles. The molecule has 0 spiro atoms. The van der Waals surface area contributed by atoms with Gasteiger partial charge in [0, 0.05) is 43.2 Å². The number of rotatable bonds is 5. The van der Waals surface area contributed by atoms with E-state index < -0.39 is 23.2 Å². The molecule has 1 N–H and O–H groups in total. The average molecular weight is 541 g/mol. The molecule has 6 nitrogen and oxygen atoms in total. The molecule has 0 saturated carbocycles. The number of benzene rings is 3. The summed E-state index contributed by atoms with van der Waals surface area (Å²) in [6.07, 6.45) is -3.55. The molecule has 39 heavy (non-hydrogen) atoms. The van der Waals surface area contributed by atoms with Crippen LogP contribution in [0.15, 0.2) is 72.8 Å². The zero-order chi connectivity index (χ0) is 28.2. The second-order valence-corrected chi connectivity index (χ2v) is 10.4. The van der Waals surface area contributed by atoms with Crippen LogP contribution in [0.25, 0.3) is 11.1 Å². The smallest absolute Gasteiger partial charge is 0.416 e. The number of ether oxygens (including phenoxy) is 2. The first-order valence-electron chi connectivity index (χ1n) is 12.7. The van der Waals surface area contributed by atoms with Crippen molar-refractivity contribution in [2.24, 2.45) is 0 Å². The van der Waals surface area contributed by atoms with Gasteiger partial charge >= 0.3 is 12.3 Å². The molecule has 1 saturated heterocycles. The Morgan fingerprint density at radius 2 is 1.56 bits per heavy atom. The molecule has 0 bridgehead atoms. The largest absolute Gasteiger partial charge is 0.490 e. The number of carbonyl (C=O) groups is 2. The third-order valence-electron chi connectivity index (χ3n) is 6.18. The van der Waals surface area contributed by atoms with Crippen molar-refractivity contribution >= 4 is 17.7 Å². The molecular weight excluding hydrogens is 509 g/mol. The van der Waals surface area contributed by atoms with Crippen molar-refractivity contribution in [3.05, 3.63) is 83.9 Å². The topological polar surface area (TPSA) is 67.9 Å². The van der Waals surface area contributed by atoms with E-state index in [4.69, 9.17) is 9.47 Å². The minimum Gasteiger partial charge on any atom is -0.490 e. The van der Waals surface area contributed by atoms with E-state index in [0.29, 0.717) is 54.1 Å². The molecular formula is C30H31F3N2O4. The summed E-state index contributed by atoms with van der Waals surface area (Å²) in [5, 5.41) is 2.86. The van der Waals surface area contributed by atoms with Gasteiger partial charge in [-0.2, -0.15) is 13.2 Å². The van der Waals surface area contributed by atoms with Crippen LogP contribution in [0.2, 0.25) is 0 Å². The molecule has 0 radical (unpaired) electrons. The third kappa shape index (κ3) is 7.52. The van der Waals surface area contributed by atoms with Crippen LogP contribution < -0.4 is 10.1 Å². The molecule has 1 heterocycles. The summed E-state index contributed by atoms with van der Waals surface area (Å²) in [5.41, 5.74) is 0.578. The Labute approximate surface area is 225 Å². The standard InChI is InChI=1S/C30H31F3N2O4/c1-29(2,3)39-28(37)35-17-15-23(16-18-35)38-24-8-6-7-22(19-24)34-27(36)26-10-5-4-9-25(26)20-11-13-21(14-12-20)30(31,32)33/h4-14,19,23H,15-18H2,1-3H3,(H,34,36). The first-order valence-corrected chi connectivity index (χ1v) is 12.7. The molecule has 0 atom stereocenters. The van der Waals surface area contributed by atoms with Crippen molar-refractivity contribution < 1.29 is 32.2 Å². The molecule has 206 valence electrons. The van der Waals surface area contributed by atoms with Gasteiger partial charge in [-0.05, 0) is 62.2 Å². The lowest BCUT2D eigenvalue weighted by molar-refractivity contribution is -0.137. The molecule has 4 rings (SSSR count). The number of nitrogens with zero attached hydrogens (tertiary/aromatic N) is 1. The van der Waals surface area contributed by atoms with Gasteiger partial charge < -0.3 is 19.7 Å². The number of hydrogen-bond donors (Lipinski definition) is 1. The van der Waals surface area contributed by atoms with Crippen LogP contribution in [0.4, 0.5) is 23.7 Å². The first kappa shape index (κ1) is 28.0. The molecule has 1 aliphatic rings. The number of amides is 2. The lowest BCUT2D eigenvalue weighted by atomic mass is 9.98. The zero-order valence-electron chi connectivity index (χ0n) is 22.0. The number of nitrogens with one attached hydrogen (secondary N) is 1. The fourth-order valence-corrected chi connectivity index (χ4v) is 4.29. The van der Waals surface area contributed by atoms with Gasteiger partial charge in [0.1, 0.15) is 17.5 Å². The summed E-state index contributed by atoms with van der Waals surface area (Å²) in [6.45, 7) is 6.55. The highest BCUT2D eigenvalue weighted by Crippen LogP contribution is 2.32. The lowest BCUT2D eigenvalue weighted by Crippen LogP contribution is -2.44. The molecule has 0 aliphatic carbocycles. The van der Waals surface area contributed by atoms with E-state index in [1.54, 1.807) is 53.4 Å². The number of carbonyl (C=O) groups excluding carboxylic acids is 2. The zero-order valence-corrected chi connectivity index (χ0v) is 22.0. The van der Waals surface area contributed by atoms with Gasteiger partial charge in [-0.25, -0.2) is 4.79 Å². The maximum atomic E-state index is 13.2. The Morgan fingerprint density at radius 3 is 2.21 bits per heavy atom. The highest BCUT2D eigenvalue weighted by Gasteiger charge is 2.30. The van der Waals surface area contributed by atoms with E-state index in [0.717, 1.165) is 12.1 Å². The van der Waals surface area contributed by atoms with Crippen LogP contribution in [0.1, 0.15) is 49.5 Å². The highest BCUT2D eigenvalue weighted by atomic mass is 19.4. The monoisotopic (exact) mass is 540 g/mol. The molecule has 3 aromatic rings. The Balaban J connectivity index is 1.39. The summed E-state index contributed by atoms with van der Waals surface area (Å²) < 4.78 is 50.4. The summed E-state index contributed by atoms with van der Waals surface area (Å²) in [7, 11) is 0. The second kappa shape index (κ2) is 11.4. The summed E-state index contributed by atoms with van der Waals surface area (Å²) in [5.74, 6) is 0.188. The number of likely N-dealkylation sites (tertiary alicyclic amines) is 1. The van der Waals surface area contributed by atoms with E-state index in [1.807, 2.05) is 20.8 Å². The number of anilines is 1. The van der Waals surface area contributed by atoms with Crippen molar-refractivity contribution in [3.63, 3.8) is 0 Å². The number of halogens is 3. The Morgan fingerprint density at radius 1 is 0.897 bits per heavy atom. The van der Waals surface area contributed by atoms with Crippen molar-refractivity contribution in [3.8, 4) is 16.9 Å². The highest BCUT2D eigenvalue weighted by molar-refractivity contribution is 6.08. The van der Waals surface area contributed by atoms with Crippen molar-refractivity contribution in [2.45, 2.75) is 51.5 Å².